The molecule has 1 amide bonds. The van der Waals surface area contributed by atoms with Crippen LogP contribution in [0.4, 0.5) is 0 Å². The van der Waals surface area contributed by atoms with Gasteiger partial charge in [0.15, 0.2) is 11.5 Å². The maximum atomic E-state index is 12.6. The van der Waals surface area contributed by atoms with Gasteiger partial charge in [-0.1, -0.05) is 6.07 Å². The van der Waals surface area contributed by atoms with Gasteiger partial charge in [0.25, 0.3) is 0 Å². The molecular formula is C24H25NO6. The average Bonchev–Trinajstić information content (AvgIpc) is 3.17. The Bertz CT molecular complexity index is 1170. The summed E-state index contributed by atoms with van der Waals surface area (Å²) >= 11 is 0. The van der Waals surface area contributed by atoms with E-state index >= 15 is 0 Å². The lowest BCUT2D eigenvalue weighted by Gasteiger charge is -2.24. The van der Waals surface area contributed by atoms with Crippen LogP contribution in [-0.4, -0.2) is 51.3 Å². The molecule has 1 heterocycles. The smallest absolute Gasteiger partial charge is 0.328 e. The molecular weight excluding hydrogens is 398 g/mol. The number of hydrogen-bond donors (Lipinski definition) is 0. The molecule has 0 unspecified atom stereocenters. The molecule has 1 aliphatic rings. The van der Waals surface area contributed by atoms with E-state index in [9.17, 15) is 9.59 Å². The minimum absolute atomic E-state index is 0.0566. The van der Waals surface area contributed by atoms with Gasteiger partial charge in [-0.3, -0.25) is 4.79 Å². The van der Waals surface area contributed by atoms with E-state index in [2.05, 4.69) is 0 Å². The lowest BCUT2D eigenvalue weighted by molar-refractivity contribution is -0.149. The van der Waals surface area contributed by atoms with E-state index in [-0.39, 0.29) is 11.9 Å². The monoisotopic (exact) mass is 423 g/mol. The average molecular weight is 423 g/mol. The number of benzene rings is 3. The van der Waals surface area contributed by atoms with E-state index in [1.54, 1.807) is 26.2 Å². The number of likely N-dealkylation sites (tertiary alicyclic amines) is 1. The first-order valence-corrected chi connectivity index (χ1v) is 10.0. The highest BCUT2D eigenvalue weighted by Gasteiger charge is 2.37. The van der Waals surface area contributed by atoms with E-state index in [1.807, 2.05) is 36.4 Å². The van der Waals surface area contributed by atoms with Crippen LogP contribution in [-0.2, 0) is 20.9 Å². The molecule has 7 heteroatoms. The Kier molecular flexibility index (Phi) is 5.59. The first kappa shape index (κ1) is 20.8. The quantitative estimate of drug-likeness (QED) is 0.445. The second-order valence-electron chi connectivity index (χ2n) is 7.47. The third kappa shape index (κ3) is 3.60. The van der Waals surface area contributed by atoms with Gasteiger partial charge in [-0.25, -0.2) is 4.79 Å². The highest BCUT2D eigenvalue weighted by atomic mass is 16.5. The zero-order valence-corrected chi connectivity index (χ0v) is 18.1. The van der Waals surface area contributed by atoms with Crippen molar-refractivity contribution in [2.45, 2.75) is 25.4 Å². The fourth-order valence-corrected chi connectivity index (χ4v) is 4.28. The summed E-state index contributed by atoms with van der Waals surface area (Å²) in [6.45, 7) is 0.298. The first-order valence-electron chi connectivity index (χ1n) is 10.0. The molecule has 1 atom stereocenters. The Morgan fingerprint density at radius 3 is 2.29 bits per heavy atom. The van der Waals surface area contributed by atoms with Crippen molar-refractivity contribution in [3.63, 3.8) is 0 Å². The minimum Gasteiger partial charge on any atom is -0.497 e. The topological polar surface area (TPSA) is 74.3 Å². The van der Waals surface area contributed by atoms with Crippen molar-refractivity contribution < 1.29 is 28.5 Å². The molecule has 0 saturated carbocycles. The summed E-state index contributed by atoms with van der Waals surface area (Å²) in [5.74, 6) is 1.51. The zero-order valence-electron chi connectivity index (χ0n) is 18.1. The van der Waals surface area contributed by atoms with Crippen molar-refractivity contribution in [2.24, 2.45) is 0 Å². The van der Waals surface area contributed by atoms with Crippen molar-refractivity contribution in [3.8, 4) is 17.2 Å². The molecule has 7 nitrogen and oxygen atoms in total. The number of fused-ring (bicyclic) bond motifs is 3. The summed E-state index contributed by atoms with van der Waals surface area (Å²) in [7, 11) is 6.16. The molecule has 162 valence electrons. The van der Waals surface area contributed by atoms with Crippen LogP contribution in [0.5, 0.6) is 17.2 Å². The Balaban J connectivity index is 1.93. The standard InChI is InChI=1S/C24H25NO6/c1-28-16-6-5-14-9-15(13-25-20(24(27)31-4)7-8-23(25)26)18-11-21(29-2)22(30-3)12-19(18)17(14)10-16/h5-6,9-12,20H,7-8,13H2,1-4H3/t20-/m1/s1. The number of nitrogens with zero attached hydrogens (tertiary/aromatic N) is 1. The second kappa shape index (κ2) is 8.34. The van der Waals surface area contributed by atoms with Gasteiger partial charge in [-0.2, -0.15) is 0 Å². The van der Waals surface area contributed by atoms with Crippen molar-refractivity contribution in [3.05, 3.63) is 42.0 Å². The first-order chi connectivity index (χ1) is 15.0. The van der Waals surface area contributed by atoms with Crippen LogP contribution in [0.1, 0.15) is 18.4 Å². The fraction of sp³-hybridized carbons (Fsp3) is 0.333. The van der Waals surface area contributed by atoms with Gasteiger partial charge in [-0.15, -0.1) is 0 Å². The van der Waals surface area contributed by atoms with Gasteiger partial charge < -0.3 is 23.8 Å². The Labute approximate surface area is 180 Å². The Hall–Kier alpha value is -3.48. The third-order valence-corrected chi connectivity index (χ3v) is 5.89. The summed E-state index contributed by atoms with van der Waals surface area (Å²) in [5, 5.41) is 3.86. The van der Waals surface area contributed by atoms with Gasteiger partial charge in [0.05, 0.1) is 28.4 Å². The summed E-state index contributed by atoms with van der Waals surface area (Å²) in [6.07, 6.45) is 0.797. The van der Waals surface area contributed by atoms with Crippen LogP contribution in [0.25, 0.3) is 21.5 Å². The van der Waals surface area contributed by atoms with Crippen LogP contribution < -0.4 is 14.2 Å². The molecule has 3 aromatic rings. The SMILES string of the molecule is COC(=O)[C@H]1CCC(=O)N1Cc1cc2ccc(OC)cc2c2cc(OC)c(OC)cc12. The minimum atomic E-state index is -0.570. The summed E-state index contributed by atoms with van der Waals surface area (Å²) in [4.78, 5) is 26.4. The Morgan fingerprint density at radius 1 is 0.935 bits per heavy atom. The van der Waals surface area contributed by atoms with Crippen LogP contribution >= 0.6 is 0 Å². The number of methoxy groups -OCH3 is 4. The number of amides is 1. The molecule has 0 radical (unpaired) electrons. The number of rotatable bonds is 6. The van der Waals surface area contributed by atoms with Crippen LogP contribution in [0.15, 0.2) is 36.4 Å². The largest absolute Gasteiger partial charge is 0.497 e. The molecule has 0 N–H and O–H groups in total. The Morgan fingerprint density at radius 2 is 1.65 bits per heavy atom. The maximum Gasteiger partial charge on any atom is 0.328 e. The predicted molar refractivity (Wildman–Crippen MR) is 117 cm³/mol. The fourth-order valence-electron chi connectivity index (χ4n) is 4.28. The van der Waals surface area contributed by atoms with Crippen molar-refractivity contribution in [2.75, 3.05) is 28.4 Å². The van der Waals surface area contributed by atoms with E-state index in [0.29, 0.717) is 30.9 Å². The van der Waals surface area contributed by atoms with Crippen LogP contribution in [0.2, 0.25) is 0 Å². The summed E-state index contributed by atoms with van der Waals surface area (Å²) < 4.78 is 21.4. The van der Waals surface area contributed by atoms with E-state index in [0.717, 1.165) is 32.9 Å². The number of esters is 1. The van der Waals surface area contributed by atoms with Gasteiger partial charge in [-0.05, 0) is 63.9 Å². The molecule has 0 bridgehead atoms. The zero-order chi connectivity index (χ0) is 22.1. The summed E-state index contributed by atoms with van der Waals surface area (Å²) in [5.41, 5.74) is 0.915. The molecule has 1 saturated heterocycles. The molecule has 0 aliphatic carbocycles. The number of hydrogen-bond acceptors (Lipinski definition) is 6. The van der Waals surface area contributed by atoms with Gasteiger partial charge >= 0.3 is 5.97 Å². The number of ether oxygens (including phenoxy) is 4. The van der Waals surface area contributed by atoms with Crippen molar-refractivity contribution in [1.29, 1.82) is 0 Å². The van der Waals surface area contributed by atoms with Crippen molar-refractivity contribution >= 4 is 33.4 Å². The maximum absolute atomic E-state index is 12.6. The lowest BCUT2D eigenvalue weighted by atomic mass is 9.96. The van der Waals surface area contributed by atoms with Crippen LogP contribution in [0, 0.1) is 0 Å². The highest BCUT2D eigenvalue weighted by molar-refractivity contribution is 6.10. The van der Waals surface area contributed by atoms with Gasteiger partial charge in [0.1, 0.15) is 11.8 Å². The second-order valence-corrected chi connectivity index (χ2v) is 7.47. The van der Waals surface area contributed by atoms with Crippen molar-refractivity contribution in [1.82, 2.24) is 4.90 Å². The van der Waals surface area contributed by atoms with Crippen LogP contribution in [0.3, 0.4) is 0 Å². The van der Waals surface area contributed by atoms with E-state index in [4.69, 9.17) is 18.9 Å². The normalized spacial score (nSPS) is 16.1. The van der Waals surface area contributed by atoms with Gasteiger partial charge in [0.2, 0.25) is 5.91 Å². The molecule has 4 rings (SSSR count). The van der Waals surface area contributed by atoms with E-state index < -0.39 is 6.04 Å². The molecule has 31 heavy (non-hydrogen) atoms. The molecule has 1 fully saturated rings. The van der Waals surface area contributed by atoms with E-state index in [1.165, 1.54) is 7.11 Å². The number of carbonyl (C=O) groups excluding carboxylic acids is 2. The lowest BCUT2D eigenvalue weighted by Crippen LogP contribution is -2.38. The third-order valence-electron chi connectivity index (χ3n) is 5.89. The molecule has 0 spiro atoms. The number of carbonyl (C=O) groups is 2. The van der Waals surface area contributed by atoms with Gasteiger partial charge in [0, 0.05) is 13.0 Å². The highest BCUT2D eigenvalue weighted by Crippen LogP contribution is 2.39. The predicted octanol–water partition coefficient (Wildman–Crippen LogP) is 3.68. The molecule has 0 aromatic heterocycles. The summed E-state index contributed by atoms with van der Waals surface area (Å²) in [6, 6.07) is 11.2. The molecule has 1 aliphatic heterocycles. The molecule has 3 aromatic carbocycles.